The van der Waals surface area contributed by atoms with E-state index in [4.69, 9.17) is 0 Å². The van der Waals surface area contributed by atoms with Gasteiger partial charge < -0.3 is 10.2 Å². The number of pyridine rings is 1. The minimum Gasteiger partial charge on any atom is -0.353 e. The Kier molecular flexibility index (Phi) is 4.11. The second kappa shape index (κ2) is 6.78. The molecule has 0 radical (unpaired) electrons. The number of aryl methyl sites for hydroxylation is 1. The highest BCUT2D eigenvalue weighted by molar-refractivity contribution is 5.93. The molecule has 3 aromatic rings. The molecule has 2 aliphatic rings. The molecule has 2 amide bonds. The molecule has 1 N–H and O–H groups in total. The molecule has 0 aromatic carbocycles. The van der Waals surface area contributed by atoms with Crippen molar-refractivity contribution in [2.45, 2.75) is 44.8 Å². The number of fused-ring (bicyclic) bond motifs is 2. The van der Waals surface area contributed by atoms with Gasteiger partial charge in [-0.15, -0.1) is 0 Å². The molecule has 144 valence electrons. The van der Waals surface area contributed by atoms with Gasteiger partial charge >= 0.3 is 0 Å². The first-order valence-corrected chi connectivity index (χ1v) is 9.74. The topological polar surface area (TPSA) is 84.5 Å². The van der Waals surface area contributed by atoms with E-state index < -0.39 is 0 Å². The molecule has 0 bridgehead atoms. The molecule has 3 aromatic heterocycles. The molecular weight excluding hydrogens is 356 g/mol. The first-order chi connectivity index (χ1) is 13.7. The Bertz CT molecular complexity index is 1050. The highest BCUT2D eigenvalue weighted by Crippen LogP contribution is 2.20. The lowest BCUT2D eigenvalue weighted by Crippen LogP contribution is -2.38. The maximum atomic E-state index is 13.0. The Morgan fingerprint density at radius 3 is 2.96 bits per heavy atom. The van der Waals surface area contributed by atoms with E-state index >= 15 is 0 Å². The average Bonchev–Trinajstić information content (AvgIpc) is 3.27. The largest absolute Gasteiger partial charge is 0.353 e. The molecule has 8 heteroatoms. The fraction of sp³-hybridized carbons (Fsp3) is 0.400. The van der Waals surface area contributed by atoms with Crippen LogP contribution in [0.15, 0.2) is 36.7 Å². The quantitative estimate of drug-likeness (QED) is 0.727. The lowest BCUT2D eigenvalue weighted by Gasteiger charge is -2.27. The van der Waals surface area contributed by atoms with E-state index in [1.807, 2.05) is 44.4 Å². The van der Waals surface area contributed by atoms with E-state index in [9.17, 15) is 9.59 Å². The molecule has 28 heavy (non-hydrogen) atoms. The first-order valence-electron chi connectivity index (χ1n) is 9.74. The Hall–Kier alpha value is -3.16. The molecule has 8 nitrogen and oxygen atoms in total. The molecule has 0 atom stereocenters. The van der Waals surface area contributed by atoms with Crippen LogP contribution < -0.4 is 5.32 Å². The Balaban J connectivity index is 1.26. The van der Waals surface area contributed by atoms with Gasteiger partial charge in [-0.25, -0.2) is 4.98 Å². The Morgan fingerprint density at radius 2 is 2.11 bits per heavy atom. The van der Waals surface area contributed by atoms with E-state index in [1.165, 1.54) is 0 Å². The standard InChI is InChI=1S/C20H22N6O2/c27-19(22-14-4-5-14)7-6-15-11-16-13-24(9-10-26(16)23-15)20(28)17-12-21-18-3-1-2-8-25(17)18/h1-3,8,11-12,14H,4-7,9-10,13H2,(H,22,27). The number of nitrogens with one attached hydrogen (secondary N) is 1. The van der Waals surface area contributed by atoms with E-state index in [1.54, 1.807) is 6.20 Å². The van der Waals surface area contributed by atoms with Crippen LogP contribution in [0.1, 0.15) is 41.1 Å². The van der Waals surface area contributed by atoms with E-state index in [0.29, 0.717) is 44.2 Å². The van der Waals surface area contributed by atoms with Gasteiger partial charge in [-0.1, -0.05) is 6.07 Å². The molecular formula is C20H22N6O2. The van der Waals surface area contributed by atoms with Crippen LogP contribution in [0.3, 0.4) is 0 Å². The van der Waals surface area contributed by atoms with Crippen LogP contribution in [-0.2, 0) is 24.3 Å². The summed E-state index contributed by atoms with van der Waals surface area (Å²) in [6.07, 6.45) is 6.76. The molecule has 4 heterocycles. The lowest BCUT2D eigenvalue weighted by molar-refractivity contribution is -0.121. The number of aromatic nitrogens is 4. The second-order valence-electron chi connectivity index (χ2n) is 7.49. The van der Waals surface area contributed by atoms with Crippen LogP contribution in [-0.4, -0.2) is 48.5 Å². The van der Waals surface area contributed by atoms with Crippen LogP contribution in [0.2, 0.25) is 0 Å². The monoisotopic (exact) mass is 378 g/mol. The Labute approximate surface area is 162 Å². The zero-order valence-corrected chi connectivity index (χ0v) is 15.5. The van der Waals surface area contributed by atoms with E-state index in [-0.39, 0.29) is 11.8 Å². The molecule has 0 spiro atoms. The maximum absolute atomic E-state index is 13.0. The molecule has 1 aliphatic heterocycles. The fourth-order valence-corrected chi connectivity index (χ4v) is 3.64. The van der Waals surface area contributed by atoms with Gasteiger partial charge in [0.2, 0.25) is 5.91 Å². The predicted molar refractivity (Wildman–Crippen MR) is 102 cm³/mol. The van der Waals surface area contributed by atoms with Crippen molar-refractivity contribution in [3.63, 3.8) is 0 Å². The van der Waals surface area contributed by atoms with Crippen LogP contribution in [0.5, 0.6) is 0 Å². The van der Waals surface area contributed by atoms with Crippen molar-refractivity contribution in [1.82, 2.24) is 29.4 Å². The Morgan fingerprint density at radius 1 is 1.21 bits per heavy atom. The minimum absolute atomic E-state index is 0.0310. The molecule has 0 unspecified atom stereocenters. The van der Waals surface area contributed by atoms with Gasteiger partial charge in [0, 0.05) is 31.6 Å². The minimum atomic E-state index is -0.0310. The molecule has 1 aliphatic carbocycles. The third kappa shape index (κ3) is 3.26. The summed E-state index contributed by atoms with van der Waals surface area (Å²) in [6.45, 7) is 1.78. The zero-order chi connectivity index (χ0) is 19.1. The summed E-state index contributed by atoms with van der Waals surface area (Å²) in [5.74, 6) is 0.0643. The maximum Gasteiger partial charge on any atom is 0.272 e. The second-order valence-corrected chi connectivity index (χ2v) is 7.49. The average molecular weight is 378 g/mol. The summed E-state index contributed by atoms with van der Waals surface area (Å²) in [7, 11) is 0. The molecule has 5 rings (SSSR count). The van der Waals surface area contributed by atoms with Gasteiger partial charge in [0.15, 0.2) is 0 Å². The van der Waals surface area contributed by atoms with Crippen molar-refractivity contribution < 1.29 is 9.59 Å². The molecule has 1 fully saturated rings. The van der Waals surface area contributed by atoms with Gasteiger partial charge in [0.1, 0.15) is 11.3 Å². The number of hydrogen-bond donors (Lipinski definition) is 1. The van der Waals surface area contributed by atoms with E-state index in [0.717, 1.165) is 29.9 Å². The number of hydrogen-bond acceptors (Lipinski definition) is 4. The summed E-state index contributed by atoms with van der Waals surface area (Å²) >= 11 is 0. The highest BCUT2D eigenvalue weighted by atomic mass is 16.2. The van der Waals surface area contributed by atoms with Crippen molar-refractivity contribution in [3.8, 4) is 0 Å². The normalized spacial score (nSPS) is 16.2. The summed E-state index contributed by atoms with van der Waals surface area (Å²) in [6, 6.07) is 8.08. The smallest absolute Gasteiger partial charge is 0.272 e. The van der Waals surface area contributed by atoms with Gasteiger partial charge in [-0.3, -0.25) is 18.7 Å². The van der Waals surface area contributed by atoms with Crippen molar-refractivity contribution in [1.29, 1.82) is 0 Å². The van der Waals surface area contributed by atoms with Gasteiger partial charge in [-0.05, 0) is 31.0 Å². The molecule has 1 saturated carbocycles. The number of rotatable bonds is 5. The highest BCUT2D eigenvalue weighted by Gasteiger charge is 2.26. The van der Waals surface area contributed by atoms with E-state index in [2.05, 4.69) is 15.4 Å². The van der Waals surface area contributed by atoms with Crippen LogP contribution in [0.25, 0.3) is 5.65 Å². The third-order valence-corrected chi connectivity index (χ3v) is 5.32. The van der Waals surface area contributed by atoms with Crippen molar-refractivity contribution in [2.24, 2.45) is 0 Å². The van der Waals surface area contributed by atoms with Crippen LogP contribution >= 0.6 is 0 Å². The van der Waals surface area contributed by atoms with Crippen molar-refractivity contribution in [2.75, 3.05) is 6.54 Å². The zero-order valence-electron chi connectivity index (χ0n) is 15.5. The number of nitrogens with zero attached hydrogens (tertiary/aromatic N) is 5. The van der Waals surface area contributed by atoms with Crippen LogP contribution in [0, 0.1) is 0 Å². The number of carbonyl (C=O) groups excluding carboxylic acids is 2. The SMILES string of the molecule is O=C(CCc1cc2n(n1)CCN(C(=O)c1cnc3ccccn13)C2)NC1CC1. The lowest BCUT2D eigenvalue weighted by atomic mass is 10.2. The fourth-order valence-electron chi connectivity index (χ4n) is 3.64. The summed E-state index contributed by atoms with van der Waals surface area (Å²) in [4.78, 5) is 31.0. The first kappa shape index (κ1) is 17.0. The van der Waals surface area contributed by atoms with Crippen LogP contribution in [0.4, 0.5) is 0 Å². The number of carbonyl (C=O) groups is 2. The summed E-state index contributed by atoms with van der Waals surface area (Å²) in [5, 5.41) is 7.61. The number of amides is 2. The van der Waals surface area contributed by atoms with Crippen molar-refractivity contribution >= 4 is 17.5 Å². The molecule has 0 saturated heterocycles. The summed E-state index contributed by atoms with van der Waals surface area (Å²) in [5.41, 5.74) is 3.25. The van der Waals surface area contributed by atoms with Gasteiger partial charge in [0.25, 0.3) is 5.91 Å². The predicted octanol–water partition coefficient (Wildman–Crippen LogP) is 1.40. The third-order valence-electron chi connectivity index (χ3n) is 5.32. The van der Waals surface area contributed by atoms with Gasteiger partial charge in [-0.2, -0.15) is 5.10 Å². The summed E-state index contributed by atoms with van der Waals surface area (Å²) < 4.78 is 3.77. The van der Waals surface area contributed by atoms with Gasteiger partial charge in [0.05, 0.1) is 30.7 Å². The van der Waals surface area contributed by atoms with Crippen molar-refractivity contribution in [3.05, 3.63) is 53.7 Å². The number of imidazole rings is 1.